The van der Waals surface area contributed by atoms with Crippen LogP contribution in [0.2, 0.25) is 0 Å². The van der Waals surface area contributed by atoms with Crippen molar-refractivity contribution in [3.8, 4) is 5.75 Å². The van der Waals surface area contributed by atoms with Crippen molar-refractivity contribution in [3.05, 3.63) is 59.7 Å². The number of carbonyl (C=O) groups excluding carboxylic acids is 2. The van der Waals surface area contributed by atoms with Crippen molar-refractivity contribution in [1.82, 2.24) is 4.72 Å². The Bertz CT molecular complexity index is 962. The minimum Gasteiger partial charge on any atom is -0.495 e. The van der Waals surface area contributed by atoms with Crippen LogP contribution >= 0.6 is 0 Å². The van der Waals surface area contributed by atoms with Gasteiger partial charge in [0, 0.05) is 11.1 Å². The third kappa shape index (κ3) is 5.64. The number of hydrogen-bond donors (Lipinski definition) is 1. The van der Waals surface area contributed by atoms with Crippen molar-refractivity contribution in [1.29, 1.82) is 0 Å². The van der Waals surface area contributed by atoms with E-state index in [1.807, 2.05) is 0 Å². The predicted octanol–water partition coefficient (Wildman–Crippen LogP) is 2.81. The zero-order valence-corrected chi connectivity index (χ0v) is 17.0. The van der Waals surface area contributed by atoms with Crippen LogP contribution in [-0.4, -0.2) is 39.4 Å². The van der Waals surface area contributed by atoms with Gasteiger partial charge in [-0.2, -0.15) is 0 Å². The van der Waals surface area contributed by atoms with E-state index in [2.05, 4.69) is 4.72 Å². The molecule has 7 nitrogen and oxygen atoms in total. The van der Waals surface area contributed by atoms with Gasteiger partial charge in [0.25, 0.3) is 0 Å². The summed E-state index contributed by atoms with van der Waals surface area (Å²) in [6.07, 6.45) is 0. The highest BCUT2D eigenvalue weighted by molar-refractivity contribution is 7.89. The molecule has 1 N–H and O–H groups in total. The fraction of sp³-hybridized carbons (Fsp3) is 0.300. The second-order valence-electron chi connectivity index (χ2n) is 7.09. The Morgan fingerprint density at radius 1 is 1.00 bits per heavy atom. The highest BCUT2D eigenvalue weighted by atomic mass is 32.2. The summed E-state index contributed by atoms with van der Waals surface area (Å²) in [5.74, 6) is -1.07. The maximum Gasteiger partial charge on any atom is 0.338 e. The van der Waals surface area contributed by atoms with Gasteiger partial charge < -0.3 is 9.47 Å². The smallest absolute Gasteiger partial charge is 0.338 e. The summed E-state index contributed by atoms with van der Waals surface area (Å²) >= 11 is 0. The van der Waals surface area contributed by atoms with Crippen LogP contribution in [0.15, 0.2) is 53.4 Å². The van der Waals surface area contributed by atoms with Crippen LogP contribution in [-0.2, 0) is 14.8 Å². The van der Waals surface area contributed by atoms with E-state index < -0.39 is 28.1 Å². The van der Waals surface area contributed by atoms with Crippen molar-refractivity contribution in [2.24, 2.45) is 0 Å². The van der Waals surface area contributed by atoms with Crippen LogP contribution in [0.4, 0.5) is 0 Å². The Kier molecular flexibility index (Phi) is 6.58. The van der Waals surface area contributed by atoms with Crippen molar-refractivity contribution in [2.75, 3.05) is 13.7 Å². The lowest BCUT2D eigenvalue weighted by atomic mass is 10.1. The highest BCUT2D eigenvalue weighted by Gasteiger charge is 2.26. The second kappa shape index (κ2) is 8.53. The van der Waals surface area contributed by atoms with Gasteiger partial charge in [-0.3, -0.25) is 4.79 Å². The van der Waals surface area contributed by atoms with Gasteiger partial charge in [0.2, 0.25) is 10.0 Å². The molecule has 2 aromatic carbocycles. The Labute approximate surface area is 164 Å². The molecular weight excluding hydrogens is 382 g/mol. The van der Waals surface area contributed by atoms with Gasteiger partial charge in [-0.15, -0.1) is 0 Å². The monoisotopic (exact) mass is 405 g/mol. The summed E-state index contributed by atoms with van der Waals surface area (Å²) in [5, 5.41) is 0. The number of sulfonamides is 1. The summed E-state index contributed by atoms with van der Waals surface area (Å²) in [6, 6.07) is 12.3. The SMILES string of the molecule is COc1ccc(C(=O)OCC(=O)c2ccccc2)cc1S(=O)(=O)NC(C)(C)C. The minimum absolute atomic E-state index is 0.00375. The molecule has 0 heterocycles. The fourth-order valence-electron chi connectivity index (χ4n) is 2.39. The van der Waals surface area contributed by atoms with E-state index in [0.29, 0.717) is 5.56 Å². The van der Waals surface area contributed by atoms with Crippen molar-refractivity contribution >= 4 is 21.8 Å². The first-order chi connectivity index (χ1) is 13.0. The number of carbonyl (C=O) groups is 2. The largest absolute Gasteiger partial charge is 0.495 e. The van der Waals surface area contributed by atoms with E-state index in [1.165, 1.54) is 25.3 Å². The van der Waals surface area contributed by atoms with Gasteiger partial charge in [-0.05, 0) is 39.0 Å². The van der Waals surface area contributed by atoms with Gasteiger partial charge in [0.1, 0.15) is 10.6 Å². The maximum absolute atomic E-state index is 12.7. The molecule has 2 rings (SSSR count). The number of benzene rings is 2. The van der Waals surface area contributed by atoms with Gasteiger partial charge in [0.05, 0.1) is 12.7 Å². The van der Waals surface area contributed by atoms with Crippen molar-refractivity contribution in [3.63, 3.8) is 0 Å². The lowest BCUT2D eigenvalue weighted by Crippen LogP contribution is -2.40. The van der Waals surface area contributed by atoms with Crippen LogP contribution in [0.25, 0.3) is 0 Å². The molecule has 0 spiro atoms. The van der Waals surface area contributed by atoms with Gasteiger partial charge >= 0.3 is 5.97 Å². The summed E-state index contributed by atoms with van der Waals surface area (Å²) in [5.41, 5.74) is -0.304. The van der Waals surface area contributed by atoms with Crippen LogP contribution in [0.5, 0.6) is 5.75 Å². The van der Waals surface area contributed by atoms with E-state index in [-0.39, 0.29) is 22.0 Å². The normalized spacial score (nSPS) is 11.7. The molecule has 0 fully saturated rings. The van der Waals surface area contributed by atoms with Crippen LogP contribution in [0.3, 0.4) is 0 Å². The number of Topliss-reactive ketones (excluding diaryl/α,β-unsaturated/α-hetero) is 1. The molecule has 2 aromatic rings. The molecule has 0 bridgehead atoms. The van der Waals surface area contributed by atoms with Crippen LogP contribution < -0.4 is 9.46 Å². The number of ketones is 1. The summed E-state index contributed by atoms with van der Waals surface area (Å²) < 4.78 is 38.0. The summed E-state index contributed by atoms with van der Waals surface area (Å²) in [4.78, 5) is 24.2. The number of nitrogens with one attached hydrogen (secondary N) is 1. The first-order valence-corrected chi connectivity index (χ1v) is 9.99. The number of methoxy groups -OCH3 is 1. The van der Waals surface area contributed by atoms with Crippen molar-refractivity contribution < 1.29 is 27.5 Å². The standard InChI is InChI=1S/C20H23NO6S/c1-20(2,3)21-28(24,25)18-12-15(10-11-17(18)26-4)19(23)27-13-16(22)14-8-6-5-7-9-14/h5-12,21H,13H2,1-4H3. The number of ether oxygens (including phenoxy) is 2. The average Bonchev–Trinajstić information content (AvgIpc) is 2.64. The minimum atomic E-state index is -3.94. The molecule has 0 aromatic heterocycles. The predicted molar refractivity (Wildman–Crippen MR) is 104 cm³/mol. The number of rotatable bonds is 7. The first-order valence-electron chi connectivity index (χ1n) is 8.51. The Morgan fingerprint density at radius 2 is 1.64 bits per heavy atom. The van der Waals surface area contributed by atoms with Gasteiger partial charge in [0.15, 0.2) is 12.4 Å². The maximum atomic E-state index is 12.7. The van der Waals surface area contributed by atoms with E-state index >= 15 is 0 Å². The molecule has 0 amide bonds. The molecule has 8 heteroatoms. The quantitative estimate of drug-likeness (QED) is 0.562. The molecule has 28 heavy (non-hydrogen) atoms. The van der Waals surface area contributed by atoms with E-state index in [4.69, 9.17) is 9.47 Å². The Balaban J connectivity index is 2.22. The lowest BCUT2D eigenvalue weighted by molar-refractivity contribution is 0.0474. The molecule has 0 aliphatic heterocycles. The molecular formula is C20H23NO6S. The molecule has 0 aliphatic rings. The van der Waals surface area contributed by atoms with Crippen molar-refractivity contribution in [2.45, 2.75) is 31.2 Å². The molecule has 150 valence electrons. The first kappa shape index (κ1) is 21.6. The number of esters is 1. The zero-order chi connectivity index (χ0) is 20.9. The van der Waals surface area contributed by atoms with Gasteiger partial charge in [-0.25, -0.2) is 17.9 Å². The molecule has 0 unspecified atom stereocenters. The zero-order valence-electron chi connectivity index (χ0n) is 16.2. The molecule has 0 saturated carbocycles. The fourth-order valence-corrected chi connectivity index (χ4v) is 4.01. The van der Waals surface area contributed by atoms with E-state index in [9.17, 15) is 18.0 Å². The van der Waals surface area contributed by atoms with Crippen LogP contribution in [0, 0.1) is 0 Å². The van der Waals surface area contributed by atoms with E-state index in [0.717, 1.165) is 0 Å². The Morgan fingerprint density at radius 3 is 2.21 bits per heavy atom. The summed E-state index contributed by atoms with van der Waals surface area (Å²) in [7, 11) is -2.61. The van der Waals surface area contributed by atoms with E-state index in [1.54, 1.807) is 51.1 Å². The second-order valence-corrected chi connectivity index (χ2v) is 8.74. The van der Waals surface area contributed by atoms with Crippen LogP contribution in [0.1, 0.15) is 41.5 Å². The van der Waals surface area contributed by atoms with Gasteiger partial charge in [-0.1, -0.05) is 30.3 Å². The molecule has 0 radical (unpaired) electrons. The topological polar surface area (TPSA) is 98.8 Å². The average molecular weight is 405 g/mol. The molecule has 0 atom stereocenters. The third-order valence-corrected chi connectivity index (χ3v) is 5.34. The Hall–Kier alpha value is -2.71. The highest BCUT2D eigenvalue weighted by Crippen LogP contribution is 2.26. The summed E-state index contributed by atoms with van der Waals surface area (Å²) in [6.45, 7) is 4.65. The molecule has 0 saturated heterocycles. The number of hydrogen-bond acceptors (Lipinski definition) is 6. The molecule has 0 aliphatic carbocycles. The lowest BCUT2D eigenvalue weighted by Gasteiger charge is -2.21. The third-order valence-electron chi connectivity index (χ3n) is 3.56.